The van der Waals surface area contributed by atoms with E-state index in [4.69, 9.17) is 14.6 Å². The first-order valence-electron chi connectivity index (χ1n) is 10.9. The van der Waals surface area contributed by atoms with Crippen molar-refractivity contribution in [1.82, 2.24) is 20.1 Å². The Morgan fingerprint density at radius 1 is 1.19 bits per heavy atom. The number of aromatic nitrogens is 3. The first kappa shape index (κ1) is 25.5. The number of nitrogens with one attached hydrogen (secondary N) is 1. The summed E-state index contributed by atoms with van der Waals surface area (Å²) in [6.45, 7) is 0.0247. The van der Waals surface area contributed by atoms with Crippen molar-refractivity contribution >= 4 is 23.3 Å². The molecule has 2 aromatic carbocycles. The maximum absolute atomic E-state index is 13.6. The van der Waals surface area contributed by atoms with Crippen LogP contribution >= 0.6 is 0 Å². The van der Waals surface area contributed by atoms with Crippen LogP contribution in [0.1, 0.15) is 28.0 Å². The van der Waals surface area contributed by atoms with Crippen LogP contribution in [0.5, 0.6) is 11.5 Å². The highest BCUT2D eigenvalue weighted by atomic mass is 19.4. The molecule has 1 amide bonds. The minimum Gasteiger partial charge on any atom is -0.491 e. The number of pyridine rings is 1. The van der Waals surface area contributed by atoms with Crippen LogP contribution in [0.2, 0.25) is 0 Å². The highest BCUT2D eigenvalue weighted by molar-refractivity contribution is 6.06. The van der Waals surface area contributed by atoms with Gasteiger partial charge >= 0.3 is 6.36 Å². The number of carboxylic acid groups (broad SMARTS) is 1. The lowest BCUT2D eigenvalue weighted by molar-refractivity contribution is -0.274. The van der Waals surface area contributed by atoms with Gasteiger partial charge in [0, 0.05) is 25.1 Å². The van der Waals surface area contributed by atoms with Gasteiger partial charge in [0.2, 0.25) is 0 Å². The van der Waals surface area contributed by atoms with Gasteiger partial charge < -0.3 is 19.9 Å². The maximum Gasteiger partial charge on any atom is 0.573 e. The number of fused-ring (bicyclic) bond motifs is 2. The molecule has 5 rings (SSSR count). The Morgan fingerprint density at radius 2 is 1.92 bits per heavy atom. The number of rotatable bonds is 4. The minimum absolute atomic E-state index is 0.250. The predicted molar refractivity (Wildman–Crippen MR) is 125 cm³/mol. The summed E-state index contributed by atoms with van der Waals surface area (Å²) in [6.07, 6.45) is -1.28. The zero-order valence-corrected chi connectivity index (χ0v) is 19.4. The fraction of sp³-hybridized carbons (Fsp3) is 0.200. The van der Waals surface area contributed by atoms with E-state index >= 15 is 0 Å². The number of benzene rings is 2. The van der Waals surface area contributed by atoms with Crippen molar-refractivity contribution in [2.24, 2.45) is 7.05 Å². The van der Waals surface area contributed by atoms with Crippen LogP contribution in [0.25, 0.3) is 10.9 Å². The minimum atomic E-state index is -4.80. The number of halogens is 3. The maximum atomic E-state index is 13.6. The van der Waals surface area contributed by atoms with Crippen molar-refractivity contribution < 1.29 is 37.3 Å². The summed E-state index contributed by atoms with van der Waals surface area (Å²) in [5.74, 6) is -0.233. The summed E-state index contributed by atoms with van der Waals surface area (Å²) in [7, 11) is 1.79. The molecule has 0 radical (unpaired) electrons. The highest BCUT2D eigenvalue weighted by Gasteiger charge is 2.43. The van der Waals surface area contributed by atoms with Crippen LogP contribution in [0.15, 0.2) is 67.0 Å². The van der Waals surface area contributed by atoms with Gasteiger partial charge in [0.25, 0.3) is 12.4 Å². The molecule has 0 spiro atoms. The summed E-state index contributed by atoms with van der Waals surface area (Å²) in [4.78, 5) is 26.4. The van der Waals surface area contributed by atoms with Gasteiger partial charge in [-0.25, -0.2) is 0 Å². The Balaban J connectivity index is 0.00000102. The second-order valence-electron chi connectivity index (χ2n) is 7.99. The molecule has 1 aliphatic rings. The number of hydrogen-bond acceptors (Lipinski definition) is 6. The normalized spacial score (nSPS) is 16.5. The highest BCUT2D eigenvalue weighted by Crippen LogP contribution is 2.41. The van der Waals surface area contributed by atoms with Crippen LogP contribution in [0.4, 0.5) is 13.2 Å². The molecule has 192 valence electrons. The smallest absolute Gasteiger partial charge is 0.491 e. The summed E-state index contributed by atoms with van der Waals surface area (Å²) in [5, 5.41) is 14.9. The molecule has 0 saturated heterocycles. The van der Waals surface area contributed by atoms with Crippen LogP contribution in [-0.2, 0) is 17.4 Å². The van der Waals surface area contributed by atoms with Crippen LogP contribution in [0.3, 0.4) is 0 Å². The number of hydrogen-bond donors (Lipinski definition) is 2. The number of carbonyl (C=O) groups is 2. The third kappa shape index (κ3) is 5.17. The van der Waals surface area contributed by atoms with Gasteiger partial charge in [-0.15, -0.1) is 13.2 Å². The fourth-order valence-electron chi connectivity index (χ4n) is 4.31. The lowest BCUT2D eigenvalue weighted by Crippen LogP contribution is -2.50. The molecule has 3 heterocycles. The van der Waals surface area contributed by atoms with Crippen molar-refractivity contribution in [2.75, 3.05) is 6.61 Å². The quantitative estimate of drug-likeness (QED) is 0.395. The first-order valence-corrected chi connectivity index (χ1v) is 10.9. The van der Waals surface area contributed by atoms with Crippen LogP contribution < -0.4 is 14.8 Å². The molecule has 0 fully saturated rings. The Kier molecular flexibility index (Phi) is 7.00. The zero-order chi connectivity index (χ0) is 26.6. The average Bonchev–Trinajstić information content (AvgIpc) is 3.25. The third-order valence-electron chi connectivity index (χ3n) is 5.85. The molecule has 9 nitrogen and oxygen atoms in total. The van der Waals surface area contributed by atoms with E-state index in [9.17, 15) is 18.0 Å². The molecule has 0 aliphatic carbocycles. The topological polar surface area (TPSA) is 116 Å². The Bertz CT molecular complexity index is 1420. The lowest BCUT2D eigenvalue weighted by Gasteiger charge is -2.39. The molecule has 1 unspecified atom stereocenters. The van der Waals surface area contributed by atoms with E-state index in [1.807, 2.05) is 6.07 Å². The van der Waals surface area contributed by atoms with E-state index in [0.29, 0.717) is 34.4 Å². The lowest BCUT2D eigenvalue weighted by atomic mass is 9.81. The predicted octanol–water partition coefficient (Wildman–Crippen LogP) is 4.02. The van der Waals surface area contributed by atoms with E-state index in [-0.39, 0.29) is 24.7 Å². The third-order valence-corrected chi connectivity index (χ3v) is 5.85. The molecule has 1 atom stereocenters. The summed E-state index contributed by atoms with van der Waals surface area (Å²) < 4.78 is 49.4. The summed E-state index contributed by atoms with van der Waals surface area (Å²) in [5.41, 5.74) is 1.11. The van der Waals surface area contributed by atoms with Gasteiger partial charge in [-0.3, -0.25) is 19.3 Å². The number of aryl methyl sites for hydroxylation is 1. The SMILES string of the molecule is Cn1ncc2c(C(=O)NC3(c4ccc(OC(F)(F)F)cc4)CCOc4cccnc43)cccc21.O=CO. The van der Waals surface area contributed by atoms with Crippen molar-refractivity contribution in [1.29, 1.82) is 0 Å². The number of alkyl halides is 3. The van der Waals surface area contributed by atoms with E-state index < -0.39 is 11.9 Å². The Labute approximate surface area is 208 Å². The van der Waals surface area contributed by atoms with E-state index in [1.54, 1.807) is 48.4 Å². The Morgan fingerprint density at radius 3 is 2.62 bits per heavy atom. The molecule has 2 N–H and O–H groups in total. The van der Waals surface area contributed by atoms with E-state index in [0.717, 1.165) is 5.52 Å². The molecular formula is C25H21F3N4O5. The van der Waals surface area contributed by atoms with Crippen molar-refractivity contribution in [2.45, 2.75) is 18.3 Å². The number of amides is 1. The first-order chi connectivity index (χ1) is 17.7. The second kappa shape index (κ2) is 10.2. The number of ether oxygens (including phenoxy) is 2. The fourth-order valence-corrected chi connectivity index (χ4v) is 4.31. The molecular weight excluding hydrogens is 493 g/mol. The second-order valence-corrected chi connectivity index (χ2v) is 7.99. The van der Waals surface area contributed by atoms with Crippen molar-refractivity contribution in [3.63, 3.8) is 0 Å². The van der Waals surface area contributed by atoms with Gasteiger partial charge in [-0.05, 0) is 42.0 Å². The van der Waals surface area contributed by atoms with Gasteiger partial charge in [0.1, 0.15) is 22.7 Å². The monoisotopic (exact) mass is 514 g/mol. The zero-order valence-electron chi connectivity index (χ0n) is 19.4. The Hall–Kier alpha value is -4.61. The van der Waals surface area contributed by atoms with Crippen LogP contribution in [-0.4, -0.2) is 45.2 Å². The summed E-state index contributed by atoms with van der Waals surface area (Å²) in [6, 6.07) is 14.2. The summed E-state index contributed by atoms with van der Waals surface area (Å²) >= 11 is 0. The molecule has 1 aliphatic heterocycles. The van der Waals surface area contributed by atoms with Gasteiger partial charge in [0.15, 0.2) is 0 Å². The number of nitrogens with zero attached hydrogens (tertiary/aromatic N) is 3. The van der Waals surface area contributed by atoms with Crippen LogP contribution in [0, 0.1) is 0 Å². The van der Waals surface area contributed by atoms with Gasteiger partial charge in [0.05, 0.1) is 23.9 Å². The van der Waals surface area contributed by atoms with Crippen molar-refractivity contribution in [3.8, 4) is 11.5 Å². The van der Waals surface area contributed by atoms with Gasteiger partial charge in [-0.1, -0.05) is 18.2 Å². The number of carbonyl (C=O) groups excluding carboxylic acids is 1. The standard InChI is InChI=1S/C24H19F3N4O3.CH2O2/c1-31-19-5-2-4-17(18(19)14-29-31)22(32)30-23(11-13-33-20-6-3-12-28-21(20)23)15-7-9-16(10-8-15)34-24(25,26)27;2-1-3/h2-10,12,14H,11,13H2,1H3,(H,30,32);1H,(H,2,3). The molecule has 2 aromatic heterocycles. The average molecular weight is 514 g/mol. The van der Waals surface area contributed by atoms with Crippen molar-refractivity contribution in [3.05, 3.63) is 83.8 Å². The van der Waals surface area contributed by atoms with Gasteiger partial charge in [-0.2, -0.15) is 5.10 Å². The molecule has 12 heteroatoms. The molecule has 4 aromatic rings. The molecule has 0 bridgehead atoms. The van der Waals surface area contributed by atoms with E-state index in [1.165, 1.54) is 24.3 Å². The molecule has 0 saturated carbocycles. The largest absolute Gasteiger partial charge is 0.573 e. The molecule has 37 heavy (non-hydrogen) atoms. The van der Waals surface area contributed by atoms with E-state index in [2.05, 4.69) is 20.1 Å².